The second-order valence-electron chi connectivity index (χ2n) is 6.76. The van der Waals surface area contributed by atoms with Crippen molar-refractivity contribution in [3.8, 4) is 0 Å². The van der Waals surface area contributed by atoms with Gasteiger partial charge in [0.2, 0.25) is 0 Å². The highest BCUT2D eigenvalue weighted by molar-refractivity contribution is 7.26. The molecule has 0 amide bonds. The van der Waals surface area contributed by atoms with Gasteiger partial charge in [0, 0.05) is 6.20 Å². The van der Waals surface area contributed by atoms with E-state index in [0.717, 1.165) is 10.4 Å². The molecule has 0 fully saturated rings. The molecule has 2 aromatic rings. The predicted molar refractivity (Wildman–Crippen MR) is 89.4 cm³/mol. The highest BCUT2D eigenvalue weighted by atomic mass is 32.1. The van der Waals surface area contributed by atoms with E-state index in [1.54, 1.807) is 11.3 Å². The molecule has 0 saturated carbocycles. The second-order valence-corrected chi connectivity index (χ2v) is 13.4. The Morgan fingerprint density at radius 3 is 2.30 bits per heavy atom. The van der Waals surface area contributed by atoms with Gasteiger partial charge >= 0.3 is 0 Å². The van der Waals surface area contributed by atoms with Crippen LogP contribution in [-0.2, 0) is 0 Å². The zero-order valence-electron chi connectivity index (χ0n) is 12.8. The Labute approximate surface area is 126 Å². The summed E-state index contributed by atoms with van der Waals surface area (Å²) in [7, 11) is -1.61. The van der Waals surface area contributed by atoms with Crippen LogP contribution in [0.1, 0.15) is 37.3 Å². The number of aromatic nitrogens is 1. The van der Waals surface area contributed by atoms with Crippen molar-refractivity contribution >= 4 is 24.0 Å². The van der Waals surface area contributed by atoms with Crippen molar-refractivity contribution in [3.63, 3.8) is 0 Å². The average Bonchev–Trinajstić information content (AvgIpc) is 2.87. The molecule has 0 saturated heterocycles. The number of nitrogens with zero attached hydrogens (tertiary/aromatic N) is 1. The van der Waals surface area contributed by atoms with Gasteiger partial charge in [0.15, 0.2) is 0 Å². The van der Waals surface area contributed by atoms with Crippen molar-refractivity contribution in [2.45, 2.75) is 45.0 Å². The molecule has 1 heterocycles. The molecule has 20 heavy (non-hydrogen) atoms. The number of aliphatic hydroxyl groups is 1. The van der Waals surface area contributed by atoms with Crippen molar-refractivity contribution in [2.24, 2.45) is 0 Å². The number of aliphatic hydroxyl groups excluding tert-OH is 1. The molecular formula is C16H23NOSSi. The molecule has 108 valence electrons. The summed E-state index contributed by atoms with van der Waals surface area (Å²) in [6.07, 6.45) is 1.28. The summed E-state index contributed by atoms with van der Waals surface area (Å²) in [5, 5.41) is 10.7. The Bertz CT molecular complexity index is 572. The van der Waals surface area contributed by atoms with E-state index in [0.29, 0.717) is 0 Å². The first kappa shape index (κ1) is 15.4. The fourth-order valence-corrected chi connectivity index (χ4v) is 5.83. The minimum absolute atomic E-state index is 0.264. The van der Waals surface area contributed by atoms with Crippen LogP contribution in [0.5, 0.6) is 0 Å². The third-order valence-electron chi connectivity index (χ3n) is 4.32. The first-order valence-corrected chi connectivity index (χ1v) is 10.7. The van der Waals surface area contributed by atoms with Crippen LogP contribution in [0.15, 0.2) is 36.5 Å². The third kappa shape index (κ3) is 2.87. The van der Waals surface area contributed by atoms with E-state index >= 15 is 0 Å². The van der Waals surface area contributed by atoms with E-state index in [2.05, 4.69) is 38.8 Å². The molecule has 0 aliphatic rings. The van der Waals surface area contributed by atoms with Crippen LogP contribution in [0.4, 0.5) is 0 Å². The van der Waals surface area contributed by atoms with Crippen molar-refractivity contribution in [1.82, 2.24) is 4.98 Å². The van der Waals surface area contributed by atoms with Crippen molar-refractivity contribution in [2.75, 3.05) is 0 Å². The van der Waals surface area contributed by atoms with E-state index in [1.807, 2.05) is 36.5 Å². The van der Waals surface area contributed by atoms with E-state index < -0.39 is 14.2 Å². The lowest BCUT2D eigenvalue weighted by molar-refractivity contribution is 0.224. The number of rotatable bonds is 3. The minimum Gasteiger partial charge on any atom is -0.383 e. The Hall–Kier alpha value is -0.973. The molecule has 0 radical (unpaired) electrons. The molecule has 1 N–H and O–H groups in total. The summed E-state index contributed by atoms with van der Waals surface area (Å²) < 4.78 is 1.22. The average molecular weight is 306 g/mol. The van der Waals surface area contributed by atoms with Gasteiger partial charge in [0.05, 0.1) is 9.51 Å². The maximum Gasteiger partial charge on any atom is 0.123 e. The Morgan fingerprint density at radius 2 is 1.75 bits per heavy atom. The van der Waals surface area contributed by atoms with Crippen LogP contribution in [-0.4, -0.2) is 18.2 Å². The fourth-order valence-electron chi connectivity index (χ4n) is 1.82. The number of hydrogen-bond donors (Lipinski definition) is 1. The minimum atomic E-state index is -1.61. The summed E-state index contributed by atoms with van der Waals surface area (Å²) in [5.74, 6) is 0. The SMILES string of the molecule is CC(C)(C)[Si](C)(C)c1ncc([C@@H](O)c2ccccc2)s1. The summed E-state index contributed by atoms with van der Waals surface area (Å²) >= 11 is 1.67. The number of thiazole rings is 1. The smallest absolute Gasteiger partial charge is 0.123 e. The zero-order chi connectivity index (χ0) is 15.0. The maximum absolute atomic E-state index is 10.5. The van der Waals surface area contributed by atoms with Crippen LogP contribution < -0.4 is 4.63 Å². The summed E-state index contributed by atoms with van der Waals surface area (Å²) in [6.45, 7) is 11.6. The lowest BCUT2D eigenvalue weighted by Crippen LogP contribution is -2.49. The maximum atomic E-state index is 10.5. The molecule has 1 aromatic heterocycles. The summed E-state index contributed by atoms with van der Waals surface area (Å²) in [6, 6.07) is 9.78. The molecule has 0 bridgehead atoms. The van der Waals surface area contributed by atoms with E-state index in [-0.39, 0.29) is 5.04 Å². The molecule has 2 rings (SSSR count). The molecule has 0 spiro atoms. The largest absolute Gasteiger partial charge is 0.383 e. The standard InChI is InChI=1S/C16H23NOSSi/c1-16(2,3)20(4,5)15-17-11-13(19-15)14(18)12-9-7-6-8-10-12/h6-11,14,18H,1-5H3/t14-/m0/s1. The highest BCUT2D eigenvalue weighted by Gasteiger charge is 2.39. The molecule has 0 aliphatic carbocycles. The fraction of sp³-hybridized carbons (Fsp3) is 0.438. The molecule has 2 nitrogen and oxygen atoms in total. The van der Waals surface area contributed by atoms with Crippen molar-refractivity contribution in [3.05, 3.63) is 47.0 Å². The van der Waals surface area contributed by atoms with Gasteiger partial charge in [-0.2, -0.15) is 0 Å². The number of benzene rings is 1. The van der Waals surface area contributed by atoms with Gasteiger partial charge < -0.3 is 5.11 Å². The van der Waals surface area contributed by atoms with Crippen LogP contribution in [0, 0.1) is 0 Å². The van der Waals surface area contributed by atoms with E-state index in [1.165, 1.54) is 4.63 Å². The third-order valence-corrected chi connectivity index (χ3v) is 12.0. The van der Waals surface area contributed by atoms with Gasteiger partial charge in [-0.1, -0.05) is 64.2 Å². The first-order valence-electron chi connectivity index (χ1n) is 6.92. The van der Waals surface area contributed by atoms with E-state index in [4.69, 9.17) is 0 Å². The zero-order valence-corrected chi connectivity index (χ0v) is 14.7. The summed E-state index contributed by atoms with van der Waals surface area (Å²) in [4.78, 5) is 5.56. The molecule has 1 aromatic carbocycles. The molecular weight excluding hydrogens is 282 g/mol. The Balaban J connectivity index is 2.30. The van der Waals surface area contributed by atoms with Gasteiger partial charge in [0.25, 0.3) is 0 Å². The Morgan fingerprint density at radius 1 is 1.15 bits per heavy atom. The van der Waals surface area contributed by atoms with Crippen LogP contribution >= 0.6 is 11.3 Å². The predicted octanol–water partition coefficient (Wildman–Crippen LogP) is 3.94. The Kier molecular flexibility index (Phi) is 4.18. The van der Waals surface area contributed by atoms with Crippen molar-refractivity contribution < 1.29 is 5.11 Å². The lowest BCUT2D eigenvalue weighted by atomic mass is 10.1. The van der Waals surface area contributed by atoms with Crippen LogP contribution in [0.2, 0.25) is 18.1 Å². The van der Waals surface area contributed by atoms with Gasteiger partial charge in [-0.15, -0.1) is 11.3 Å². The monoisotopic (exact) mass is 305 g/mol. The second kappa shape index (κ2) is 5.43. The quantitative estimate of drug-likeness (QED) is 0.871. The van der Waals surface area contributed by atoms with Crippen LogP contribution in [0.25, 0.3) is 0 Å². The molecule has 1 atom stereocenters. The molecule has 4 heteroatoms. The van der Waals surface area contributed by atoms with Crippen molar-refractivity contribution in [1.29, 1.82) is 0 Å². The molecule has 0 unspecified atom stereocenters. The van der Waals surface area contributed by atoms with Gasteiger partial charge in [-0.05, 0) is 10.6 Å². The van der Waals surface area contributed by atoms with Crippen LogP contribution in [0.3, 0.4) is 0 Å². The van der Waals surface area contributed by atoms with Gasteiger partial charge in [-0.3, -0.25) is 4.98 Å². The number of hydrogen-bond acceptors (Lipinski definition) is 3. The van der Waals surface area contributed by atoms with E-state index in [9.17, 15) is 5.11 Å². The first-order chi connectivity index (χ1) is 9.23. The van der Waals surface area contributed by atoms with Gasteiger partial charge in [-0.25, -0.2) is 0 Å². The molecule has 0 aliphatic heterocycles. The summed E-state index contributed by atoms with van der Waals surface area (Å²) in [5.41, 5.74) is 0.929. The highest BCUT2D eigenvalue weighted by Crippen LogP contribution is 2.37. The topological polar surface area (TPSA) is 33.1 Å². The lowest BCUT2D eigenvalue weighted by Gasteiger charge is -2.34. The normalized spacial score (nSPS) is 14.3. The van der Waals surface area contributed by atoms with Gasteiger partial charge in [0.1, 0.15) is 14.2 Å².